The first-order valence-electron chi connectivity index (χ1n) is 3.93. The van der Waals surface area contributed by atoms with Crippen LogP contribution in [0.2, 0.25) is 0 Å². The fourth-order valence-corrected chi connectivity index (χ4v) is 3.10. The van der Waals surface area contributed by atoms with E-state index in [1.165, 1.54) is 11.3 Å². The highest BCUT2D eigenvalue weighted by atomic mass is 79.9. The fraction of sp³-hybridized carbons (Fsp3) is 0. The molecule has 0 atom stereocenters. The van der Waals surface area contributed by atoms with Crippen molar-refractivity contribution in [1.29, 1.82) is 0 Å². The minimum absolute atomic E-state index is 0.437. The number of carbonyl (C=O) groups excluding carboxylic acids is 1. The van der Waals surface area contributed by atoms with Crippen molar-refractivity contribution in [2.24, 2.45) is 0 Å². The first kappa shape index (κ1) is 10.9. The Morgan fingerprint density at radius 1 is 1.40 bits per heavy atom. The molecular formula is C9H4Br2N2OS. The highest BCUT2D eigenvalue weighted by molar-refractivity contribution is 9.11. The summed E-state index contributed by atoms with van der Waals surface area (Å²) in [5.74, 6) is 0. The van der Waals surface area contributed by atoms with E-state index in [0.717, 1.165) is 25.9 Å². The van der Waals surface area contributed by atoms with Gasteiger partial charge in [-0.05, 0) is 37.9 Å². The molecule has 6 heteroatoms. The Labute approximate surface area is 107 Å². The van der Waals surface area contributed by atoms with Gasteiger partial charge in [-0.25, -0.2) is 4.98 Å². The second-order valence-electron chi connectivity index (χ2n) is 2.68. The summed E-state index contributed by atoms with van der Waals surface area (Å²) < 4.78 is 1.74. The lowest BCUT2D eigenvalue weighted by Crippen LogP contribution is -1.85. The van der Waals surface area contributed by atoms with Gasteiger partial charge in [0, 0.05) is 20.5 Å². The van der Waals surface area contributed by atoms with Crippen LogP contribution in [-0.4, -0.2) is 16.3 Å². The number of thiazole rings is 1. The van der Waals surface area contributed by atoms with Crippen molar-refractivity contribution in [3.05, 3.63) is 32.3 Å². The van der Waals surface area contributed by atoms with E-state index >= 15 is 0 Å². The molecule has 2 heterocycles. The van der Waals surface area contributed by atoms with E-state index < -0.39 is 0 Å². The van der Waals surface area contributed by atoms with Crippen molar-refractivity contribution in [2.45, 2.75) is 0 Å². The van der Waals surface area contributed by atoms with Gasteiger partial charge in [0.1, 0.15) is 16.4 Å². The topological polar surface area (TPSA) is 42.9 Å². The molecule has 0 amide bonds. The normalized spacial score (nSPS) is 10.3. The Balaban J connectivity index is 2.49. The number of aldehydes is 1. The maximum atomic E-state index is 10.5. The van der Waals surface area contributed by atoms with E-state index in [9.17, 15) is 4.79 Å². The molecule has 0 saturated heterocycles. The van der Waals surface area contributed by atoms with Gasteiger partial charge in [-0.1, -0.05) is 0 Å². The smallest absolute Gasteiger partial charge is 0.169 e. The highest BCUT2D eigenvalue weighted by Crippen LogP contribution is 2.30. The average molecular weight is 348 g/mol. The number of hydrogen-bond acceptors (Lipinski definition) is 4. The lowest BCUT2D eigenvalue weighted by atomic mass is 10.4. The van der Waals surface area contributed by atoms with Crippen LogP contribution in [0.4, 0.5) is 0 Å². The molecule has 0 aliphatic rings. The first-order valence-corrected chi connectivity index (χ1v) is 6.39. The Morgan fingerprint density at radius 2 is 2.20 bits per heavy atom. The molecule has 0 aliphatic carbocycles. The van der Waals surface area contributed by atoms with Crippen molar-refractivity contribution in [3.8, 4) is 10.7 Å². The van der Waals surface area contributed by atoms with Crippen molar-refractivity contribution in [3.63, 3.8) is 0 Å². The lowest BCUT2D eigenvalue weighted by Gasteiger charge is -1.99. The number of hydrogen-bond donors (Lipinski definition) is 0. The van der Waals surface area contributed by atoms with Gasteiger partial charge in [-0.15, -0.1) is 11.3 Å². The zero-order valence-electron chi connectivity index (χ0n) is 7.28. The molecule has 0 unspecified atom stereocenters. The largest absolute Gasteiger partial charge is 0.296 e. The molecule has 0 aliphatic heterocycles. The van der Waals surface area contributed by atoms with Gasteiger partial charge in [0.25, 0.3) is 0 Å². The van der Waals surface area contributed by atoms with Gasteiger partial charge in [0.05, 0.1) is 0 Å². The summed E-state index contributed by atoms with van der Waals surface area (Å²) in [5, 5.41) is 2.44. The molecule has 0 fully saturated rings. The van der Waals surface area contributed by atoms with Crippen LogP contribution in [0.15, 0.2) is 26.6 Å². The number of pyridine rings is 1. The van der Waals surface area contributed by atoms with E-state index in [0.29, 0.717) is 5.69 Å². The Bertz CT molecular complexity index is 513. The maximum absolute atomic E-state index is 10.5. The molecule has 0 aromatic carbocycles. The summed E-state index contributed by atoms with van der Waals surface area (Å²) >= 11 is 8.12. The Morgan fingerprint density at radius 3 is 2.80 bits per heavy atom. The highest BCUT2D eigenvalue weighted by Gasteiger charge is 2.09. The lowest BCUT2D eigenvalue weighted by molar-refractivity contribution is 0.111. The molecule has 2 aromatic rings. The number of carbonyl (C=O) groups is 1. The van der Waals surface area contributed by atoms with E-state index in [2.05, 4.69) is 41.8 Å². The van der Waals surface area contributed by atoms with Crippen LogP contribution >= 0.6 is 43.2 Å². The molecule has 15 heavy (non-hydrogen) atoms. The van der Waals surface area contributed by atoms with Gasteiger partial charge in [0.15, 0.2) is 6.29 Å². The zero-order chi connectivity index (χ0) is 10.8. The zero-order valence-corrected chi connectivity index (χ0v) is 11.3. The molecule has 0 N–H and O–H groups in total. The van der Waals surface area contributed by atoms with Crippen LogP contribution in [-0.2, 0) is 0 Å². The van der Waals surface area contributed by atoms with Crippen LogP contribution in [0.25, 0.3) is 10.7 Å². The molecule has 0 radical (unpaired) electrons. The summed E-state index contributed by atoms with van der Waals surface area (Å²) in [7, 11) is 0. The van der Waals surface area contributed by atoms with Crippen LogP contribution in [0.3, 0.4) is 0 Å². The van der Waals surface area contributed by atoms with Crippen LogP contribution < -0.4 is 0 Å². The number of aromatic nitrogens is 2. The molecule has 0 spiro atoms. The summed E-state index contributed by atoms with van der Waals surface area (Å²) in [5.41, 5.74) is 1.18. The quantitative estimate of drug-likeness (QED) is 0.780. The number of rotatable bonds is 2. The Kier molecular flexibility index (Phi) is 3.28. The minimum atomic E-state index is 0.437. The number of halogens is 2. The molecule has 3 nitrogen and oxygen atoms in total. The van der Waals surface area contributed by atoms with Crippen molar-refractivity contribution >= 4 is 49.5 Å². The monoisotopic (exact) mass is 346 g/mol. The third-order valence-electron chi connectivity index (χ3n) is 1.65. The molecule has 76 valence electrons. The summed E-state index contributed by atoms with van der Waals surface area (Å²) in [6.45, 7) is 0. The van der Waals surface area contributed by atoms with Gasteiger partial charge in [0.2, 0.25) is 0 Å². The summed E-state index contributed by atoms with van der Waals surface area (Å²) in [4.78, 5) is 18.9. The molecular weight excluding hydrogens is 344 g/mol. The standard InChI is InChI=1S/C9H4Br2N2OS/c10-5-1-7(11)8(12-2-5)9-13-6(3-14)4-15-9/h1-4H. The van der Waals surface area contributed by atoms with Gasteiger partial charge in [-0.3, -0.25) is 9.78 Å². The van der Waals surface area contributed by atoms with Crippen molar-refractivity contribution in [2.75, 3.05) is 0 Å². The third-order valence-corrected chi connectivity index (χ3v) is 3.56. The average Bonchev–Trinajstić information content (AvgIpc) is 2.66. The molecule has 0 bridgehead atoms. The van der Waals surface area contributed by atoms with E-state index in [1.54, 1.807) is 11.6 Å². The SMILES string of the molecule is O=Cc1csc(-c2ncc(Br)cc2Br)n1. The molecule has 0 saturated carbocycles. The van der Waals surface area contributed by atoms with Crippen molar-refractivity contribution < 1.29 is 4.79 Å². The second-order valence-corrected chi connectivity index (χ2v) is 5.31. The van der Waals surface area contributed by atoms with Gasteiger partial charge < -0.3 is 0 Å². The first-order chi connectivity index (χ1) is 7.20. The summed E-state index contributed by atoms with van der Waals surface area (Å²) in [6.07, 6.45) is 2.43. The Hall–Kier alpha value is -0.590. The van der Waals surface area contributed by atoms with Crippen LogP contribution in [0.5, 0.6) is 0 Å². The van der Waals surface area contributed by atoms with E-state index in [-0.39, 0.29) is 0 Å². The predicted molar refractivity (Wildman–Crippen MR) is 66.1 cm³/mol. The maximum Gasteiger partial charge on any atom is 0.169 e. The fourth-order valence-electron chi connectivity index (χ4n) is 1.02. The molecule has 2 rings (SSSR count). The van der Waals surface area contributed by atoms with Gasteiger partial charge >= 0.3 is 0 Å². The van der Waals surface area contributed by atoms with Crippen molar-refractivity contribution in [1.82, 2.24) is 9.97 Å². The van der Waals surface area contributed by atoms with Crippen LogP contribution in [0, 0.1) is 0 Å². The predicted octanol–water partition coefficient (Wildman–Crippen LogP) is 3.54. The van der Waals surface area contributed by atoms with Gasteiger partial charge in [-0.2, -0.15) is 0 Å². The number of nitrogens with zero attached hydrogens (tertiary/aromatic N) is 2. The van der Waals surface area contributed by atoms with E-state index in [1.807, 2.05) is 6.07 Å². The third kappa shape index (κ3) is 2.32. The van der Waals surface area contributed by atoms with E-state index in [4.69, 9.17) is 0 Å². The second kappa shape index (κ2) is 4.51. The summed E-state index contributed by atoms with van der Waals surface area (Å²) in [6, 6.07) is 1.89. The minimum Gasteiger partial charge on any atom is -0.296 e. The van der Waals surface area contributed by atoms with Crippen LogP contribution in [0.1, 0.15) is 10.5 Å². The molecule has 2 aromatic heterocycles.